The molecule has 0 saturated heterocycles. The fourth-order valence-corrected chi connectivity index (χ4v) is 2.84. The Hall–Kier alpha value is -3.26. The summed E-state index contributed by atoms with van der Waals surface area (Å²) in [6.45, 7) is -0.394. The van der Waals surface area contributed by atoms with Gasteiger partial charge in [0.1, 0.15) is 5.75 Å². The standard InChI is InChI=1S/C18H15N3O4S/c1-24-14-4-2-3-13(9-14)15-11-26-18(20-15)21-16(22)10-25-17(23)12-5-7-19-8-6-12/h2-9,11H,10H2,1H3,(H,20,21,22). The molecular formula is C18H15N3O4S. The molecular weight excluding hydrogens is 354 g/mol. The second-order valence-corrected chi connectivity index (χ2v) is 5.99. The Kier molecular flexibility index (Phi) is 5.55. The zero-order valence-corrected chi connectivity index (χ0v) is 14.7. The number of carbonyl (C=O) groups is 2. The number of ether oxygens (including phenoxy) is 2. The number of pyridine rings is 1. The van der Waals surface area contributed by atoms with Crippen molar-refractivity contribution in [2.75, 3.05) is 19.0 Å². The summed E-state index contributed by atoms with van der Waals surface area (Å²) in [7, 11) is 1.60. The van der Waals surface area contributed by atoms with Gasteiger partial charge in [0.25, 0.3) is 5.91 Å². The number of amides is 1. The average molecular weight is 369 g/mol. The van der Waals surface area contributed by atoms with Crippen LogP contribution >= 0.6 is 11.3 Å². The first-order valence-corrected chi connectivity index (χ1v) is 8.50. The average Bonchev–Trinajstić information content (AvgIpc) is 3.15. The highest BCUT2D eigenvalue weighted by Crippen LogP contribution is 2.27. The molecule has 1 aromatic carbocycles. The van der Waals surface area contributed by atoms with Crippen LogP contribution in [-0.2, 0) is 9.53 Å². The highest BCUT2D eigenvalue weighted by molar-refractivity contribution is 7.14. The van der Waals surface area contributed by atoms with Crippen molar-refractivity contribution in [2.24, 2.45) is 0 Å². The summed E-state index contributed by atoms with van der Waals surface area (Å²) in [5, 5.41) is 4.87. The van der Waals surface area contributed by atoms with Gasteiger partial charge in [0.2, 0.25) is 0 Å². The van der Waals surface area contributed by atoms with E-state index in [0.717, 1.165) is 17.0 Å². The van der Waals surface area contributed by atoms with Gasteiger partial charge in [-0.3, -0.25) is 15.1 Å². The number of benzene rings is 1. The minimum absolute atomic E-state index is 0.336. The lowest BCUT2D eigenvalue weighted by molar-refractivity contribution is -0.119. The summed E-state index contributed by atoms with van der Waals surface area (Å²) < 4.78 is 10.2. The summed E-state index contributed by atoms with van der Waals surface area (Å²) in [6, 6.07) is 10.5. The zero-order chi connectivity index (χ0) is 18.4. The van der Waals surface area contributed by atoms with Crippen molar-refractivity contribution in [3.8, 4) is 17.0 Å². The maximum absolute atomic E-state index is 11.9. The second-order valence-electron chi connectivity index (χ2n) is 5.13. The SMILES string of the molecule is COc1cccc(-c2csc(NC(=O)COC(=O)c3ccncc3)n2)c1. The van der Waals surface area contributed by atoms with Gasteiger partial charge in [0, 0.05) is 23.3 Å². The minimum Gasteiger partial charge on any atom is -0.497 e. The van der Waals surface area contributed by atoms with Crippen molar-refractivity contribution in [1.82, 2.24) is 9.97 Å². The largest absolute Gasteiger partial charge is 0.497 e. The highest BCUT2D eigenvalue weighted by atomic mass is 32.1. The molecule has 0 saturated carbocycles. The number of anilines is 1. The van der Waals surface area contributed by atoms with E-state index in [1.165, 1.54) is 35.9 Å². The number of nitrogens with one attached hydrogen (secondary N) is 1. The fourth-order valence-electron chi connectivity index (χ4n) is 2.10. The Morgan fingerprint density at radius 1 is 1.19 bits per heavy atom. The number of methoxy groups -OCH3 is 1. The molecule has 3 rings (SSSR count). The molecule has 3 aromatic rings. The van der Waals surface area contributed by atoms with Crippen molar-refractivity contribution < 1.29 is 19.1 Å². The van der Waals surface area contributed by atoms with Gasteiger partial charge in [-0.2, -0.15) is 0 Å². The number of thiazole rings is 1. The lowest BCUT2D eigenvalue weighted by Gasteiger charge is -2.04. The number of aromatic nitrogens is 2. The van der Waals surface area contributed by atoms with Crippen LogP contribution in [0.5, 0.6) is 5.75 Å². The minimum atomic E-state index is -0.584. The van der Waals surface area contributed by atoms with E-state index in [1.54, 1.807) is 7.11 Å². The zero-order valence-electron chi connectivity index (χ0n) is 13.8. The summed E-state index contributed by atoms with van der Waals surface area (Å²) in [4.78, 5) is 31.9. The molecule has 0 atom stereocenters. The molecule has 7 nitrogen and oxygen atoms in total. The molecule has 1 amide bonds. The summed E-state index contributed by atoms with van der Waals surface area (Å²) in [5.74, 6) is -0.318. The van der Waals surface area contributed by atoms with Crippen molar-refractivity contribution >= 4 is 28.3 Å². The number of nitrogens with zero attached hydrogens (tertiary/aromatic N) is 2. The maximum atomic E-state index is 11.9. The van der Waals surface area contributed by atoms with E-state index in [-0.39, 0.29) is 0 Å². The predicted molar refractivity (Wildman–Crippen MR) is 97.3 cm³/mol. The smallest absolute Gasteiger partial charge is 0.338 e. The Morgan fingerprint density at radius 2 is 2.00 bits per heavy atom. The van der Waals surface area contributed by atoms with Crippen molar-refractivity contribution in [2.45, 2.75) is 0 Å². The van der Waals surface area contributed by atoms with Crippen LogP contribution < -0.4 is 10.1 Å². The molecule has 0 aliphatic carbocycles. The molecule has 1 N–H and O–H groups in total. The number of carbonyl (C=O) groups excluding carboxylic acids is 2. The van der Waals surface area contributed by atoms with Crippen LogP contribution in [0.25, 0.3) is 11.3 Å². The van der Waals surface area contributed by atoms with E-state index < -0.39 is 18.5 Å². The number of rotatable bonds is 6. The summed E-state index contributed by atoms with van der Waals surface area (Å²) in [5.41, 5.74) is 1.94. The first-order valence-electron chi connectivity index (χ1n) is 7.62. The van der Waals surface area contributed by atoms with Gasteiger partial charge in [-0.05, 0) is 24.3 Å². The van der Waals surface area contributed by atoms with Crippen LogP contribution in [0.2, 0.25) is 0 Å². The van der Waals surface area contributed by atoms with E-state index in [1.807, 2.05) is 29.6 Å². The third-order valence-corrected chi connectivity index (χ3v) is 4.12. The van der Waals surface area contributed by atoms with E-state index in [2.05, 4.69) is 15.3 Å². The Morgan fingerprint density at radius 3 is 2.77 bits per heavy atom. The molecule has 0 aliphatic heterocycles. The van der Waals surface area contributed by atoms with Gasteiger partial charge in [0.05, 0.1) is 18.4 Å². The molecule has 26 heavy (non-hydrogen) atoms. The Labute approximate surface area is 153 Å². The van der Waals surface area contributed by atoms with Gasteiger partial charge in [0.15, 0.2) is 11.7 Å². The van der Waals surface area contributed by atoms with Crippen LogP contribution in [0.3, 0.4) is 0 Å². The first kappa shape index (κ1) is 17.6. The topological polar surface area (TPSA) is 90.4 Å². The predicted octanol–water partition coefficient (Wildman–Crippen LogP) is 3.01. The van der Waals surface area contributed by atoms with Crippen LogP contribution in [0, 0.1) is 0 Å². The van der Waals surface area contributed by atoms with Gasteiger partial charge >= 0.3 is 5.97 Å². The number of hydrogen-bond acceptors (Lipinski definition) is 7. The van der Waals surface area contributed by atoms with E-state index in [0.29, 0.717) is 10.7 Å². The lowest BCUT2D eigenvalue weighted by atomic mass is 10.2. The molecule has 0 fully saturated rings. The summed E-state index contributed by atoms with van der Waals surface area (Å²) >= 11 is 1.28. The van der Waals surface area contributed by atoms with E-state index >= 15 is 0 Å². The molecule has 2 heterocycles. The van der Waals surface area contributed by atoms with Crippen LogP contribution in [-0.4, -0.2) is 35.6 Å². The quantitative estimate of drug-likeness (QED) is 0.672. The first-order chi connectivity index (χ1) is 12.7. The molecule has 0 unspecified atom stereocenters. The van der Waals surface area contributed by atoms with Crippen molar-refractivity contribution in [1.29, 1.82) is 0 Å². The number of esters is 1. The molecule has 0 bridgehead atoms. The van der Waals surface area contributed by atoms with Crippen LogP contribution in [0.1, 0.15) is 10.4 Å². The third kappa shape index (κ3) is 4.42. The maximum Gasteiger partial charge on any atom is 0.338 e. The molecule has 0 aliphatic rings. The van der Waals surface area contributed by atoms with E-state index in [4.69, 9.17) is 9.47 Å². The number of hydrogen-bond donors (Lipinski definition) is 1. The third-order valence-electron chi connectivity index (χ3n) is 3.37. The van der Waals surface area contributed by atoms with E-state index in [9.17, 15) is 9.59 Å². The fraction of sp³-hybridized carbons (Fsp3) is 0.111. The van der Waals surface area contributed by atoms with Gasteiger partial charge in [-0.15, -0.1) is 11.3 Å². The van der Waals surface area contributed by atoms with Crippen molar-refractivity contribution in [3.63, 3.8) is 0 Å². The Bertz CT molecular complexity index is 912. The molecule has 8 heteroatoms. The Balaban J connectivity index is 1.57. The summed E-state index contributed by atoms with van der Waals surface area (Å²) in [6.07, 6.45) is 2.96. The normalized spacial score (nSPS) is 10.2. The van der Waals surface area contributed by atoms with Crippen LogP contribution in [0.15, 0.2) is 54.2 Å². The molecule has 0 radical (unpaired) electrons. The lowest BCUT2D eigenvalue weighted by Crippen LogP contribution is -2.20. The van der Waals surface area contributed by atoms with Crippen molar-refractivity contribution in [3.05, 3.63) is 59.7 Å². The highest BCUT2D eigenvalue weighted by Gasteiger charge is 2.12. The van der Waals surface area contributed by atoms with Gasteiger partial charge in [-0.25, -0.2) is 9.78 Å². The monoisotopic (exact) mass is 369 g/mol. The van der Waals surface area contributed by atoms with Crippen LogP contribution in [0.4, 0.5) is 5.13 Å². The molecule has 2 aromatic heterocycles. The second kappa shape index (κ2) is 8.21. The molecule has 132 valence electrons. The van der Waals surface area contributed by atoms with Gasteiger partial charge < -0.3 is 9.47 Å². The van der Waals surface area contributed by atoms with Gasteiger partial charge in [-0.1, -0.05) is 12.1 Å². The molecule has 0 spiro atoms.